The minimum atomic E-state index is -0.932. The molecular formula is C6H10N2O4. The number of rotatable bonds is 4. The summed E-state index contributed by atoms with van der Waals surface area (Å²) in [6.45, 7) is 0. The molecule has 12 heavy (non-hydrogen) atoms. The Kier molecular flexibility index (Phi) is 5.33. The minimum absolute atomic E-state index is 0.0824. The molecule has 0 saturated heterocycles. The van der Waals surface area contributed by atoms with Gasteiger partial charge in [-0.25, -0.2) is 9.59 Å². The molecule has 3 N–H and O–H groups in total. The molecule has 0 aromatic carbocycles. The third kappa shape index (κ3) is 6.53. The molecule has 68 valence electrons. The number of carbonyl (C=O) groups excluding carboxylic acids is 3. The Bertz CT molecular complexity index is 180. The highest BCUT2D eigenvalue weighted by atomic mass is 16.7. The van der Waals surface area contributed by atoms with Crippen LogP contribution < -0.4 is 11.2 Å². The molecule has 0 aliphatic heterocycles. The van der Waals surface area contributed by atoms with Crippen LogP contribution in [0.25, 0.3) is 0 Å². The summed E-state index contributed by atoms with van der Waals surface area (Å²) in [5, 5.41) is 0. The zero-order valence-corrected chi connectivity index (χ0v) is 6.41. The van der Waals surface area contributed by atoms with Crippen LogP contribution in [0.3, 0.4) is 0 Å². The van der Waals surface area contributed by atoms with Gasteiger partial charge in [-0.05, 0) is 6.42 Å². The standard InChI is InChI=1S/C6H10N2O4/c7-6(11)8-12-5(10)3-1-2-4-9/h4H,1-3H2,(H3,7,8,11). The quantitative estimate of drug-likeness (QED) is 0.340. The number of carbonyl (C=O) groups is 3. The van der Waals surface area contributed by atoms with Gasteiger partial charge in [-0.15, -0.1) is 0 Å². The van der Waals surface area contributed by atoms with Gasteiger partial charge in [-0.1, -0.05) is 0 Å². The number of unbranched alkanes of at least 4 members (excludes halogenated alkanes) is 1. The lowest BCUT2D eigenvalue weighted by Gasteiger charge is -2.00. The molecule has 6 heteroatoms. The highest BCUT2D eigenvalue weighted by molar-refractivity contribution is 5.75. The van der Waals surface area contributed by atoms with Crippen molar-refractivity contribution < 1.29 is 19.2 Å². The van der Waals surface area contributed by atoms with Crippen molar-refractivity contribution in [3.8, 4) is 0 Å². The number of urea groups is 1. The number of nitrogens with two attached hydrogens (primary N) is 1. The Morgan fingerprint density at radius 1 is 1.50 bits per heavy atom. The Morgan fingerprint density at radius 3 is 2.67 bits per heavy atom. The zero-order chi connectivity index (χ0) is 9.40. The van der Waals surface area contributed by atoms with E-state index in [0.29, 0.717) is 19.1 Å². The maximum Gasteiger partial charge on any atom is 0.345 e. The first-order chi connectivity index (χ1) is 5.66. The van der Waals surface area contributed by atoms with Gasteiger partial charge in [0.2, 0.25) is 0 Å². The summed E-state index contributed by atoms with van der Waals surface area (Å²) < 4.78 is 0. The number of aldehydes is 1. The van der Waals surface area contributed by atoms with Crippen molar-refractivity contribution in [2.24, 2.45) is 5.73 Å². The van der Waals surface area contributed by atoms with Crippen molar-refractivity contribution in [1.29, 1.82) is 0 Å². The van der Waals surface area contributed by atoms with Gasteiger partial charge < -0.3 is 15.4 Å². The Morgan fingerprint density at radius 2 is 2.17 bits per heavy atom. The molecule has 0 radical (unpaired) electrons. The second kappa shape index (κ2) is 6.14. The Balaban J connectivity index is 3.33. The predicted molar refractivity (Wildman–Crippen MR) is 38.7 cm³/mol. The van der Waals surface area contributed by atoms with Gasteiger partial charge in [0.1, 0.15) is 6.29 Å². The van der Waals surface area contributed by atoms with Crippen LogP contribution in [0.2, 0.25) is 0 Å². The molecular weight excluding hydrogens is 164 g/mol. The van der Waals surface area contributed by atoms with Crippen LogP contribution in [0.15, 0.2) is 0 Å². The molecule has 6 nitrogen and oxygen atoms in total. The fourth-order valence-electron chi connectivity index (χ4n) is 0.488. The summed E-state index contributed by atoms with van der Waals surface area (Å²) in [6.07, 6.45) is 1.49. The highest BCUT2D eigenvalue weighted by Gasteiger charge is 2.02. The van der Waals surface area contributed by atoms with Crippen molar-refractivity contribution in [1.82, 2.24) is 5.48 Å². The number of primary amides is 1. The molecule has 0 unspecified atom stereocenters. The van der Waals surface area contributed by atoms with Gasteiger partial charge in [0.15, 0.2) is 0 Å². The van der Waals surface area contributed by atoms with Crippen molar-refractivity contribution >= 4 is 18.3 Å². The van der Waals surface area contributed by atoms with E-state index < -0.39 is 12.0 Å². The first kappa shape index (κ1) is 10.4. The second-order valence-electron chi connectivity index (χ2n) is 2.00. The van der Waals surface area contributed by atoms with Crippen molar-refractivity contribution in [3.63, 3.8) is 0 Å². The van der Waals surface area contributed by atoms with Gasteiger partial charge >= 0.3 is 12.0 Å². The Hall–Kier alpha value is -1.59. The average Bonchev–Trinajstić information content (AvgIpc) is 2.01. The molecule has 0 atom stereocenters. The van der Waals surface area contributed by atoms with E-state index in [4.69, 9.17) is 0 Å². The van der Waals surface area contributed by atoms with E-state index in [2.05, 4.69) is 10.6 Å². The monoisotopic (exact) mass is 174 g/mol. The van der Waals surface area contributed by atoms with Crippen LogP contribution in [0, 0.1) is 0 Å². The van der Waals surface area contributed by atoms with Gasteiger partial charge in [-0.2, -0.15) is 5.48 Å². The van der Waals surface area contributed by atoms with Gasteiger partial charge in [0, 0.05) is 12.8 Å². The number of nitrogens with one attached hydrogen (secondary N) is 1. The summed E-state index contributed by atoms with van der Waals surface area (Å²) in [6, 6.07) is -0.932. The summed E-state index contributed by atoms with van der Waals surface area (Å²) in [5.41, 5.74) is 6.29. The molecule has 0 fully saturated rings. The van der Waals surface area contributed by atoms with Crippen LogP contribution in [0.5, 0.6) is 0 Å². The molecule has 0 aromatic rings. The fourth-order valence-corrected chi connectivity index (χ4v) is 0.488. The van der Waals surface area contributed by atoms with Crippen LogP contribution >= 0.6 is 0 Å². The van der Waals surface area contributed by atoms with E-state index in [9.17, 15) is 14.4 Å². The topological polar surface area (TPSA) is 98.5 Å². The summed E-state index contributed by atoms with van der Waals surface area (Å²) >= 11 is 0. The van der Waals surface area contributed by atoms with Crippen LogP contribution in [-0.4, -0.2) is 18.3 Å². The van der Waals surface area contributed by atoms with Crippen LogP contribution in [0.4, 0.5) is 4.79 Å². The lowest BCUT2D eigenvalue weighted by molar-refractivity contribution is -0.148. The molecule has 0 rings (SSSR count). The summed E-state index contributed by atoms with van der Waals surface area (Å²) in [4.78, 5) is 34.6. The fraction of sp³-hybridized carbons (Fsp3) is 0.500. The maximum atomic E-state index is 10.6. The Labute approximate surface area is 69.0 Å². The SMILES string of the molecule is NC(=O)NOC(=O)CCCC=O. The van der Waals surface area contributed by atoms with Gasteiger partial charge in [-0.3, -0.25) is 0 Å². The molecule has 0 spiro atoms. The third-order valence-electron chi connectivity index (χ3n) is 0.968. The van der Waals surface area contributed by atoms with E-state index >= 15 is 0 Å². The van der Waals surface area contributed by atoms with E-state index in [0.717, 1.165) is 0 Å². The van der Waals surface area contributed by atoms with Crippen molar-refractivity contribution in [3.05, 3.63) is 0 Å². The summed E-state index contributed by atoms with van der Waals surface area (Å²) in [7, 11) is 0. The molecule has 2 amide bonds. The lowest BCUT2D eigenvalue weighted by Crippen LogP contribution is -2.31. The average molecular weight is 174 g/mol. The largest absolute Gasteiger partial charge is 0.349 e. The molecule has 0 aliphatic rings. The van der Waals surface area contributed by atoms with Gasteiger partial charge in [0.25, 0.3) is 0 Å². The first-order valence-corrected chi connectivity index (χ1v) is 3.35. The maximum absolute atomic E-state index is 10.6. The predicted octanol–water partition coefficient (Wildman–Crippen LogP) is -0.518. The number of hydrogen-bond acceptors (Lipinski definition) is 4. The van der Waals surface area contributed by atoms with E-state index in [1.807, 2.05) is 0 Å². The molecule has 0 bridgehead atoms. The summed E-state index contributed by atoms with van der Waals surface area (Å²) in [5.74, 6) is -0.615. The molecule has 0 heterocycles. The smallest absolute Gasteiger partial charge is 0.345 e. The third-order valence-corrected chi connectivity index (χ3v) is 0.968. The molecule has 0 saturated carbocycles. The number of hydrogen-bond donors (Lipinski definition) is 2. The van der Waals surface area contributed by atoms with Gasteiger partial charge in [0.05, 0.1) is 0 Å². The minimum Gasteiger partial charge on any atom is -0.349 e. The van der Waals surface area contributed by atoms with Crippen LogP contribution in [-0.2, 0) is 14.4 Å². The lowest BCUT2D eigenvalue weighted by atomic mass is 10.2. The normalized spacial score (nSPS) is 8.67. The van der Waals surface area contributed by atoms with Crippen molar-refractivity contribution in [2.75, 3.05) is 0 Å². The molecule has 0 aromatic heterocycles. The van der Waals surface area contributed by atoms with Crippen LogP contribution in [0.1, 0.15) is 19.3 Å². The van der Waals surface area contributed by atoms with E-state index in [-0.39, 0.29) is 6.42 Å². The zero-order valence-electron chi connectivity index (χ0n) is 6.41. The first-order valence-electron chi connectivity index (χ1n) is 3.35. The number of hydroxylamine groups is 1. The van der Waals surface area contributed by atoms with E-state index in [1.165, 1.54) is 0 Å². The van der Waals surface area contributed by atoms with Crippen molar-refractivity contribution in [2.45, 2.75) is 19.3 Å². The second-order valence-corrected chi connectivity index (χ2v) is 2.00. The number of amides is 2. The highest BCUT2D eigenvalue weighted by Crippen LogP contribution is 1.93. The molecule has 0 aliphatic carbocycles. The van der Waals surface area contributed by atoms with E-state index in [1.54, 1.807) is 5.48 Å².